The number of amidine groups is 2. The molecule has 0 aliphatic heterocycles. The molecule has 0 aliphatic rings. The van der Waals surface area contributed by atoms with Crippen LogP contribution in [0.3, 0.4) is 0 Å². The summed E-state index contributed by atoms with van der Waals surface area (Å²) in [4.78, 5) is 8.88. The Labute approximate surface area is 217 Å². The van der Waals surface area contributed by atoms with E-state index in [-0.39, 0.29) is 0 Å². The summed E-state index contributed by atoms with van der Waals surface area (Å²) in [5, 5.41) is 1.85. The number of hydrogen-bond donors (Lipinski definition) is 2. The van der Waals surface area contributed by atoms with Crippen LogP contribution < -0.4 is 20.9 Å². The molecule has 3 rings (SSSR count). The first-order valence-corrected chi connectivity index (χ1v) is 12.8. The predicted octanol–water partition coefficient (Wildman–Crippen LogP) is 6.77. The van der Waals surface area contributed by atoms with Gasteiger partial charge in [-0.2, -0.15) is 0 Å². The average Bonchev–Trinajstić information content (AvgIpc) is 2.84. The molecule has 178 valence electrons. The van der Waals surface area contributed by atoms with Crippen LogP contribution >= 0.6 is 46.7 Å². The number of nitrogens with zero attached hydrogens (tertiary/aromatic N) is 2. The summed E-state index contributed by atoms with van der Waals surface area (Å²) in [6, 6.07) is 18.4. The highest BCUT2D eigenvalue weighted by Gasteiger charge is 2.10. The molecule has 0 bridgehead atoms. The molecule has 0 saturated carbocycles. The van der Waals surface area contributed by atoms with Gasteiger partial charge in [0.2, 0.25) is 0 Å². The Balaban J connectivity index is 1.67. The van der Waals surface area contributed by atoms with Crippen molar-refractivity contribution in [1.82, 2.24) is 0 Å². The van der Waals surface area contributed by atoms with Crippen LogP contribution in [-0.2, 0) is 11.5 Å². The molecule has 0 fully saturated rings. The Kier molecular flexibility index (Phi) is 9.83. The van der Waals surface area contributed by atoms with E-state index >= 15 is 0 Å². The Hall–Kier alpha value is -2.52. The van der Waals surface area contributed by atoms with Crippen LogP contribution in [0, 0.1) is 0 Å². The summed E-state index contributed by atoms with van der Waals surface area (Å²) in [5.74, 6) is 2.68. The van der Waals surface area contributed by atoms with Crippen LogP contribution in [0.5, 0.6) is 11.5 Å². The predicted molar refractivity (Wildman–Crippen MR) is 148 cm³/mol. The molecular weight excluding hydrogens is 511 g/mol. The number of hydrogen-bond acceptors (Lipinski definition) is 6. The minimum absolute atomic E-state index is 0.440. The summed E-state index contributed by atoms with van der Waals surface area (Å²) < 4.78 is 10.3. The number of benzene rings is 3. The molecule has 3 aromatic carbocycles. The first-order valence-electron chi connectivity index (χ1n) is 10.1. The van der Waals surface area contributed by atoms with Crippen molar-refractivity contribution in [3.8, 4) is 11.5 Å². The monoisotopic (exact) mass is 534 g/mol. The van der Waals surface area contributed by atoms with Crippen molar-refractivity contribution in [3.05, 3.63) is 81.8 Å². The fourth-order valence-electron chi connectivity index (χ4n) is 2.83. The second kappa shape index (κ2) is 12.8. The van der Waals surface area contributed by atoms with Gasteiger partial charge in [-0.05, 0) is 71.8 Å². The number of rotatable bonds is 8. The van der Waals surface area contributed by atoms with Gasteiger partial charge in [0.15, 0.2) is 10.3 Å². The molecule has 0 spiro atoms. The zero-order chi connectivity index (χ0) is 24.5. The zero-order valence-corrected chi connectivity index (χ0v) is 21.8. The lowest BCUT2D eigenvalue weighted by molar-refractivity contribution is 0.415. The minimum Gasteiger partial charge on any atom is -0.497 e. The third-order valence-electron chi connectivity index (χ3n) is 4.62. The van der Waals surface area contributed by atoms with Gasteiger partial charge >= 0.3 is 0 Å². The Morgan fingerprint density at radius 2 is 1.06 bits per heavy atom. The maximum absolute atomic E-state index is 6.27. The van der Waals surface area contributed by atoms with E-state index in [4.69, 9.17) is 44.1 Å². The van der Waals surface area contributed by atoms with Crippen LogP contribution in [0.4, 0.5) is 11.4 Å². The molecule has 0 saturated heterocycles. The molecule has 0 unspecified atom stereocenters. The van der Waals surface area contributed by atoms with Gasteiger partial charge in [-0.25, -0.2) is 9.98 Å². The van der Waals surface area contributed by atoms with Gasteiger partial charge in [0.25, 0.3) is 0 Å². The normalized spacial score (nSPS) is 12.0. The highest BCUT2D eigenvalue weighted by molar-refractivity contribution is 8.13. The first-order chi connectivity index (χ1) is 16.4. The molecule has 0 atom stereocenters. The highest BCUT2D eigenvalue weighted by atomic mass is 35.5. The smallest absolute Gasteiger partial charge is 0.159 e. The molecule has 0 aliphatic carbocycles. The van der Waals surface area contributed by atoms with Crippen LogP contribution in [0.15, 0.2) is 70.6 Å². The second-order valence-corrected chi connectivity index (χ2v) is 9.71. The number of thioether (sulfide) groups is 2. The molecule has 10 heteroatoms. The number of nitrogens with two attached hydrogens (primary N) is 2. The third-order valence-corrected chi connectivity index (χ3v) is 7.02. The topological polar surface area (TPSA) is 95.2 Å². The lowest BCUT2D eigenvalue weighted by atomic mass is 10.1. The summed E-state index contributed by atoms with van der Waals surface area (Å²) in [7, 11) is 3.24. The molecule has 0 heterocycles. The van der Waals surface area contributed by atoms with Crippen LogP contribution in [0.2, 0.25) is 10.0 Å². The van der Waals surface area contributed by atoms with Crippen LogP contribution in [-0.4, -0.2) is 24.6 Å². The van der Waals surface area contributed by atoms with Gasteiger partial charge in [0.1, 0.15) is 11.5 Å². The third kappa shape index (κ3) is 7.77. The van der Waals surface area contributed by atoms with Crippen molar-refractivity contribution in [3.63, 3.8) is 0 Å². The highest BCUT2D eigenvalue weighted by Crippen LogP contribution is 2.31. The standard InChI is InChI=1S/C24H24Cl2N4O2S2/c1-31-19-7-3-17(4-8-19)29-23(27)33-13-15-11-21(25)22(26)12-16(15)14-34-24(28)30-18-5-9-20(32-2)10-6-18/h3-12H,13-14H2,1-2H3,(H2,27,29)(H2,28,30). The van der Waals surface area contributed by atoms with Crippen molar-refractivity contribution in [2.24, 2.45) is 21.5 Å². The van der Waals surface area contributed by atoms with E-state index in [0.29, 0.717) is 31.9 Å². The van der Waals surface area contributed by atoms with E-state index in [0.717, 1.165) is 34.0 Å². The molecule has 0 radical (unpaired) electrons. The van der Waals surface area contributed by atoms with Crippen molar-refractivity contribution in [1.29, 1.82) is 0 Å². The molecule has 0 amide bonds. The Morgan fingerprint density at radius 3 is 1.38 bits per heavy atom. The number of methoxy groups -OCH3 is 2. The lowest BCUT2D eigenvalue weighted by Gasteiger charge is -2.11. The van der Waals surface area contributed by atoms with Gasteiger partial charge in [0, 0.05) is 11.5 Å². The van der Waals surface area contributed by atoms with Gasteiger partial charge < -0.3 is 20.9 Å². The number of ether oxygens (including phenoxy) is 2. The molecule has 3 aromatic rings. The van der Waals surface area contributed by atoms with Crippen molar-refractivity contribution in [2.45, 2.75) is 11.5 Å². The largest absolute Gasteiger partial charge is 0.497 e. The maximum atomic E-state index is 6.27. The van der Waals surface area contributed by atoms with E-state index in [2.05, 4.69) is 9.98 Å². The summed E-state index contributed by atoms with van der Waals surface area (Å²) in [6.45, 7) is 0. The van der Waals surface area contributed by atoms with Gasteiger partial charge in [-0.3, -0.25) is 0 Å². The lowest BCUT2D eigenvalue weighted by Crippen LogP contribution is -2.08. The maximum Gasteiger partial charge on any atom is 0.159 e. The minimum atomic E-state index is 0.440. The van der Waals surface area contributed by atoms with Crippen LogP contribution in [0.1, 0.15) is 11.1 Å². The van der Waals surface area contributed by atoms with E-state index in [9.17, 15) is 0 Å². The quantitative estimate of drug-likeness (QED) is 0.244. The summed E-state index contributed by atoms with van der Waals surface area (Å²) in [5.41, 5.74) is 15.8. The fourth-order valence-corrected chi connectivity index (χ4v) is 4.69. The second-order valence-electron chi connectivity index (χ2n) is 6.91. The van der Waals surface area contributed by atoms with E-state index in [1.54, 1.807) is 14.2 Å². The summed E-state index contributed by atoms with van der Waals surface area (Å²) >= 11 is 15.4. The summed E-state index contributed by atoms with van der Waals surface area (Å²) in [6.07, 6.45) is 0. The molecule has 6 nitrogen and oxygen atoms in total. The van der Waals surface area contributed by atoms with Crippen molar-refractivity contribution in [2.75, 3.05) is 14.2 Å². The van der Waals surface area contributed by atoms with Crippen molar-refractivity contribution < 1.29 is 9.47 Å². The first kappa shape index (κ1) is 26.1. The number of halogens is 2. The zero-order valence-electron chi connectivity index (χ0n) is 18.6. The van der Waals surface area contributed by atoms with E-state index in [1.807, 2.05) is 60.7 Å². The number of aliphatic imine (C=N–C) groups is 2. The fraction of sp³-hybridized carbons (Fsp3) is 0.167. The van der Waals surface area contributed by atoms with Gasteiger partial charge in [0.05, 0.1) is 35.6 Å². The Bertz CT molecular complexity index is 1080. The van der Waals surface area contributed by atoms with Crippen molar-refractivity contribution >= 4 is 68.4 Å². The molecule has 4 N–H and O–H groups in total. The SMILES string of the molecule is COc1ccc(N=C(N)SCc2cc(Cl)c(Cl)cc2CSC(N)=Nc2ccc(OC)cc2)cc1. The average molecular weight is 536 g/mol. The Morgan fingerprint density at radius 1 is 0.706 bits per heavy atom. The molecular formula is C24H24Cl2N4O2S2. The van der Waals surface area contributed by atoms with Crippen LogP contribution in [0.25, 0.3) is 0 Å². The van der Waals surface area contributed by atoms with Gasteiger partial charge in [-0.15, -0.1) is 0 Å². The molecule has 34 heavy (non-hydrogen) atoms. The van der Waals surface area contributed by atoms with E-state index < -0.39 is 0 Å². The van der Waals surface area contributed by atoms with E-state index in [1.165, 1.54) is 23.5 Å². The van der Waals surface area contributed by atoms with Gasteiger partial charge in [-0.1, -0.05) is 46.7 Å². The molecule has 0 aromatic heterocycles.